The van der Waals surface area contributed by atoms with Crippen molar-refractivity contribution >= 4 is 22.2 Å². The molecule has 1 fully saturated rings. The topological polar surface area (TPSA) is 53.8 Å². The van der Waals surface area contributed by atoms with Crippen LogP contribution in [0.2, 0.25) is 0 Å². The summed E-state index contributed by atoms with van der Waals surface area (Å²) >= 11 is 1.69. The van der Waals surface area contributed by atoms with Gasteiger partial charge in [-0.1, -0.05) is 0 Å². The SMILES string of the molecule is COc1ccc2c3c(n(C)c2c1)[C@H](CO)N(Cc1nccs1)CC31CCN(C)CC1. The van der Waals surface area contributed by atoms with E-state index in [2.05, 4.69) is 51.6 Å². The van der Waals surface area contributed by atoms with Gasteiger partial charge in [0, 0.05) is 47.7 Å². The molecule has 7 heteroatoms. The Morgan fingerprint density at radius 1 is 1.27 bits per heavy atom. The molecule has 3 aromatic rings. The number of methoxy groups -OCH3 is 1. The summed E-state index contributed by atoms with van der Waals surface area (Å²) in [6.07, 6.45) is 4.14. The fourth-order valence-corrected chi connectivity index (χ4v) is 6.23. The Morgan fingerprint density at radius 2 is 2.07 bits per heavy atom. The molecule has 0 amide bonds. The van der Waals surface area contributed by atoms with E-state index in [0.29, 0.717) is 0 Å². The Morgan fingerprint density at radius 3 is 2.73 bits per heavy atom. The van der Waals surface area contributed by atoms with Gasteiger partial charge in [0.15, 0.2) is 0 Å². The number of hydrogen-bond donors (Lipinski definition) is 1. The normalized spacial score (nSPS) is 21.9. The third kappa shape index (κ3) is 3.07. The first-order valence-corrected chi connectivity index (χ1v) is 11.5. The van der Waals surface area contributed by atoms with Crippen LogP contribution in [0.4, 0.5) is 0 Å². The quantitative estimate of drug-likeness (QED) is 0.695. The number of aliphatic hydroxyl groups excluding tert-OH is 1. The minimum absolute atomic E-state index is 0.0300. The van der Waals surface area contributed by atoms with E-state index in [1.807, 2.05) is 11.6 Å². The fourth-order valence-electron chi connectivity index (χ4n) is 5.59. The molecule has 4 heterocycles. The Kier molecular flexibility index (Phi) is 5.09. The molecule has 2 aromatic heterocycles. The van der Waals surface area contributed by atoms with Gasteiger partial charge in [-0.15, -0.1) is 11.3 Å². The van der Waals surface area contributed by atoms with Crippen molar-refractivity contribution in [3.05, 3.63) is 46.0 Å². The van der Waals surface area contributed by atoms with E-state index in [-0.39, 0.29) is 18.1 Å². The number of nitrogens with zero attached hydrogens (tertiary/aromatic N) is 4. The minimum Gasteiger partial charge on any atom is -0.497 e. The molecule has 6 nitrogen and oxygen atoms in total. The first-order valence-electron chi connectivity index (χ1n) is 10.6. The van der Waals surface area contributed by atoms with Crippen molar-refractivity contribution in [3.8, 4) is 5.75 Å². The van der Waals surface area contributed by atoms with Gasteiger partial charge in [0.1, 0.15) is 10.8 Å². The van der Waals surface area contributed by atoms with Crippen molar-refractivity contribution < 1.29 is 9.84 Å². The van der Waals surface area contributed by atoms with Crippen LogP contribution in [0.15, 0.2) is 29.8 Å². The lowest BCUT2D eigenvalue weighted by Crippen LogP contribution is -2.53. The molecule has 0 unspecified atom stereocenters. The highest BCUT2D eigenvalue weighted by molar-refractivity contribution is 7.09. The Labute approximate surface area is 181 Å². The van der Waals surface area contributed by atoms with Crippen LogP contribution < -0.4 is 4.74 Å². The molecule has 0 saturated carbocycles. The molecular formula is C23H30N4O2S. The number of aryl methyl sites for hydroxylation is 1. The van der Waals surface area contributed by atoms with Gasteiger partial charge >= 0.3 is 0 Å². The number of hydrogen-bond acceptors (Lipinski definition) is 6. The number of fused-ring (bicyclic) bond motifs is 4. The van der Waals surface area contributed by atoms with Gasteiger partial charge in [0.25, 0.3) is 0 Å². The number of ether oxygens (including phenoxy) is 1. The molecule has 1 aromatic carbocycles. The summed E-state index contributed by atoms with van der Waals surface area (Å²) in [5.41, 5.74) is 3.99. The number of likely N-dealkylation sites (tertiary alicyclic amines) is 1. The van der Waals surface area contributed by atoms with Gasteiger partial charge < -0.3 is 19.3 Å². The predicted molar refractivity (Wildman–Crippen MR) is 120 cm³/mol. The lowest BCUT2D eigenvalue weighted by molar-refractivity contribution is 0.0455. The molecule has 0 bridgehead atoms. The molecule has 30 heavy (non-hydrogen) atoms. The zero-order chi connectivity index (χ0) is 20.9. The second-order valence-electron chi connectivity index (χ2n) is 8.82. The summed E-state index contributed by atoms with van der Waals surface area (Å²) in [5, 5.41) is 15.0. The van der Waals surface area contributed by atoms with Crippen LogP contribution in [0.25, 0.3) is 10.9 Å². The molecule has 5 rings (SSSR count). The number of aromatic nitrogens is 2. The third-order valence-corrected chi connectivity index (χ3v) is 7.95. The Hall–Kier alpha value is -1.93. The van der Waals surface area contributed by atoms with E-state index in [4.69, 9.17) is 4.74 Å². The third-order valence-electron chi connectivity index (χ3n) is 7.18. The van der Waals surface area contributed by atoms with Gasteiger partial charge in [-0.3, -0.25) is 4.90 Å². The summed E-state index contributed by atoms with van der Waals surface area (Å²) in [6, 6.07) is 6.40. The molecule has 1 N–H and O–H groups in total. The minimum atomic E-state index is -0.0300. The first kappa shape index (κ1) is 20.0. The fraction of sp³-hybridized carbons (Fsp3) is 0.522. The van der Waals surface area contributed by atoms with Gasteiger partial charge in [0.05, 0.1) is 31.8 Å². The van der Waals surface area contributed by atoms with Gasteiger partial charge in [-0.2, -0.15) is 0 Å². The van der Waals surface area contributed by atoms with E-state index in [9.17, 15) is 5.11 Å². The number of rotatable bonds is 4. The van der Waals surface area contributed by atoms with E-state index < -0.39 is 0 Å². The van der Waals surface area contributed by atoms with Gasteiger partial charge in [0.2, 0.25) is 0 Å². The van der Waals surface area contributed by atoms with Crippen molar-refractivity contribution in [1.29, 1.82) is 0 Å². The summed E-state index contributed by atoms with van der Waals surface area (Å²) < 4.78 is 7.81. The molecule has 0 radical (unpaired) electrons. The maximum atomic E-state index is 10.5. The number of benzene rings is 1. The zero-order valence-corrected chi connectivity index (χ0v) is 18.8. The summed E-state index contributed by atoms with van der Waals surface area (Å²) in [7, 11) is 6.07. The van der Waals surface area contributed by atoms with Crippen molar-refractivity contribution in [1.82, 2.24) is 19.4 Å². The lowest BCUT2D eigenvalue weighted by atomic mass is 9.68. The monoisotopic (exact) mass is 426 g/mol. The average molecular weight is 427 g/mol. The van der Waals surface area contributed by atoms with Crippen LogP contribution in [0.1, 0.15) is 35.1 Å². The van der Waals surface area contributed by atoms with Crippen LogP contribution in [-0.4, -0.2) is 64.9 Å². The van der Waals surface area contributed by atoms with Crippen LogP contribution in [0.3, 0.4) is 0 Å². The average Bonchev–Trinajstić information content (AvgIpc) is 3.37. The summed E-state index contributed by atoms with van der Waals surface area (Å²) in [6.45, 7) is 4.05. The number of piperidine rings is 1. The molecule has 0 aliphatic carbocycles. The number of thiazole rings is 1. The Bertz CT molecular complexity index is 1040. The van der Waals surface area contributed by atoms with Crippen molar-refractivity contribution in [2.75, 3.05) is 40.4 Å². The van der Waals surface area contributed by atoms with E-state index >= 15 is 0 Å². The lowest BCUT2D eigenvalue weighted by Gasteiger charge is -2.50. The van der Waals surface area contributed by atoms with Crippen molar-refractivity contribution in [2.24, 2.45) is 7.05 Å². The van der Waals surface area contributed by atoms with E-state index in [1.54, 1.807) is 18.4 Å². The largest absolute Gasteiger partial charge is 0.497 e. The predicted octanol–water partition coefficient (Wildman–Crippen LogP) is 3.16. The second kappa shape index (κ2) is 7.64. The second-order valence-corrected chi connectivity index (χ2v) is 9.79. The molecule has 1 spiro atoms. The van der Waals surface area contributed by atoms with Crippen LogP contribution in [0.5, 0.6) is 5.75 Å². The molecule has 160 valence electrons. The highest BCUT2D eigenvalue weighted by Gasteiger charge is 2.47. The van der Waals surface area contributed by atoms with Crippen LogP contribution in [0, 0.1) is 0 Å². The highest BCUT2D eigenvalue weighted by atomic mass is 32.1. The smallest absolute Gasteiger partial charge is 0.120 e. The maximum absolute atomic E-state index is 10.5. The van der Waals surface area contributed by atoms with Crippen molar-refractivity contribution in [2.45, 2.75) is 30.8 Å². The van der Waals surface area contributed by atoms with Crippen LogP contribution >= 0.6 is 11.3 Å². The maximum Gasteiger partial charge on any atom is 0.120 e. The molecule has 1 saturated heterocycles. The summed E-state index contributed by atoms with van der Waals surface area (Å²) in [5.74, 6) is 0.873. The first-order chi connectivity index (χ1) is 14.6. The number of aliphatic hydroxyl groups is 1. The molecule has 2 aliphatic rings. The standard InChI is InChI=1S/C23H30N4O2S/c1-25-9-6-23(7-10-25)15-27(13-20-24-8-11-30-20)19(14-28)22-21(23)17-5-4-16(29-3)12-18(17)26(22)2/h4-5,8,11-12,19,28H,6-7,9-10,13-15H2,1-3H3/t19-/m0/s1. The molecule has 1 atom stereocenters. The van der Waals surface area contributed by atoms with Gasteiger partial charge in [-0.05, 0) is 50.7 Å². The molecule has 2 aliphatic heterocycles. The highest BCUT2D eigenvalue weighted by Crippen LogP contribution is 2.50. The van der Waals surface area contributed by atoms with Crippen LogP contribution in [-0.2, 0) is 19.0 Å². The Balaban J connectivity index is 1.70. The molecular weight excluding hydrogens is 396 g/mol. The van der Waals surface area contributed by atoms with Gasteiger partial charge in [-0.25, -0.2) is 4.98 Å². The zero-order valence-electron chi connectivity index (χ0n) is 18.0. The van der Waals surface area contributed by atoms with Crippen molar-refractivity contribution in [3.63, 3.8) is 0 Å². The van der Waals surface area contributed by atoms with E-state index in [1.165, 1.54) is 22.2 Å². The summed E-state index contributed by atoms with van der Waals surface area (Å²) in [4.78, 5) is 9.43. The van der Waals surface area contributed by atoms with E-state index in [0.717, 1.165) is 49.8 Å².